The molecule has 0 aliphatic carbocycles. The molecule has 4 nitrogen and oxygen atoms in total. The molecule has 0 N–H and O–H groups in total. The lowest BCUT2D eigenvalue weighted by atomic mass is 10.0. The van der Waals surface area contributed by atoms with Crippen LogP contribution in [0.3, 0.4) is 0 Å². The molecule has 0 radical (unpaired) electrons. The molecule has 1 aromatic rings. The van der Waals surface area contributed by atoms with E-state index in [1.165, 1.54) is 4.90 Å². The normalized spacial score (nSPS) is 18.0. The molecule has 0 aromatic heterocycles. The Kier molecular flexibility index (Phi) is 3.21. The van der Waals surface area contributed by atoms with Gasteiger partial charge in [-0.05, 0) is 32.4 Å². The lowest BCUT2D eigenvalue weighted by Crippen LogP contribution is -2.35. The second-order valence-corrected chi connectivity index (χ2v) is 5.58. The van der Waals surface area contributed by atoms with Crippen LogP contribution in [-0.4, -0.2) is 17.6 Å². The van der Waals surface area contributed by atoms with Gasteiger partial charge in [-0.3, -0.25) is 0 Å². The van der Waals surface area contributed by atoms with Crippen LogP contribution in [0, 0.1) is 0 Å². The smallest absolute Gasteiger partial charge is 0.419 e. The molecule has 1 aliphatic heterocycles. The van der Waals surface area contributed by atoms with Gasteiger partial charge in [-0.2, -0.15) is 0 Å². The second kappa shape index (κ2) is 4.56. The molecule has 19 heavy (non-hydrogen) atoms. The van der Waals surface area contributed by atoms with Crippen molar-refractivity contribution in [2.75, 3.05) is 4.90 Å². The maximum Gasteiger partial charge on any atom is 0.419 e. The highest BCUT2D eigenvalue weighted by molar-refractivity contribution is 5.98. The maximum atomic E-state index is 12.2. The molecule has 0 bridgehead atoms. The lowest BCUT2D eigenvalue weighted by molar-refractivity contribution is 0.0593. The fourth-order valence-electron chi connectivity index (χ4n) is 2.17. The quantitative estimate of drug-likeness (QED) is 0.672. The number of nitrogens with zero attached hydrogens (tertiary/aromatic N) is 1. The van der Waals surface area contributed by atoms with Crippen LogP contribution >= 0.6 is 0 Å². The van der Waals surface area contributed by atoms with Crippen LogP contribution in [0.4, 0.5) is 10.5 Å². The third-order valence-electron chi connectivity index (χ3n) is 2.98. The van der Waals surface area contributed by atoms with Gasteiger partial charge >= 0.3 is 6.09 Å². The number of hydrogen-bond donors (Lipinski definition) is 0. The maximum absolute atomic E-state index is 12.2. The summed E-state index contributed by atoms with van der Waals surface area (Å²) in [6.07, 6.45) is -0.539. The van der Waals surface area contributed by atoms with E-state index in [-0.39, 0.29) is 5.92 Å². The van der Waals surface area contributed by atoms with Gasteiger partial charge in [0.25, 0.3) is 0 Å². The summed E-state index contributed by atoms with van der Waals surface area (Å²) in [5, 5.41) is 0. The Hall–Kier alpha value is -2.06. The van der Waals surface area contributed by atoms with Gasteiger partial charge in [0.05, 0.1) is 5.69 Å². The Morgan fingerprint density at radius 1 is 1.32 bits per heavy atom. The number of anilines is 1. The van der Waals surface area contributed by atoms with Gasteiger partial charge in [0.1, 0.15) is 17.2 Å². The zero-order valence-electron chi connectivity index (χ0n) is 11.6. The molecule has 0 saturated heterocycles. The van der Waals surface area contributed by atoms with E-state index in [1.807, 2.05) is 31.1 Å². The molecule has 1 heterocycles. The minimum absolute atomic E-state index is 0.152. The first-order valence-corrected chi connectivity index (χ1v) is 6.22. The van der Waals surface area contributed by atoms with Gasteiger partial charge in [-0.25, -0.2) is 14.5 Å². The molecule has 1 atom stereocenters. The van der Waals surface area contributed by atoms with Crippen LogP contribution in [0.15, 0.2) is 30.0 Å². The standard InChI is InChI=1S/C15H17NO3/c1-10-11-7-5-6-8-12(11)16(13(10)9-17)14(18)19-15(2,3)4/h5-8,10H,1-4H3. The van der Waals surface area contributed by atoms with Gasteiger partial charge < -0.3 is 4.74 Å². The fraction of sp³-hybridized carbons (Fsp3) is 0.400. The predicted octanol–water partition coefficient (Wildman–Crippen LogP) is 3.26. The fourth-order valence-corrected chi connectivity index (χ4v) is 2.17. The van der Waals surface area contributed by atoms with Gasteiger partial charge in [-0.15, -0.1) is 0 Å². The summed E-state index contributed by atoms with van der Waals surface area (Å²) >= 11 is 0. The van der Waals surface area contributed by atoms with Crippen LogP contribution in [0.5, 0.6) is 0 Å². The highest BCUT2D eigenvalue weighted by Crippen LogP contribution is 2.42. The van der Waals surface area contributed by atoms with Crippen LogP contribution in [-0.2, 0) is 9.53 Å². The molecule has 1 amide bonds. The third-order valence-corrected chi connectivity index (χ3v) is 2.98. The number of ether oxygens (including phenoxy) is 1. The molecular formula is C15H17NO3. The van der Waals surface area contributed by atoms with E-state index in [2.05, 4.69) is 0 Å². The number of fused-ring (bicyclic) bond motifs is 1. The largest absolute Gasteiger partial charge is 0.443 e. The monoisotopic (exact) mass is 259 g/mol. The average molecular weight is 259 g/mol. The van der Waals surface area contributed by atoms with Crippen molar-refractivity contribution >= 4 is 17.7 Å². The van der Waals surface area contributed by atoms with Crippen LogP contribution in [0.25, 0.3) is 0 Å². The van der Waals surface area contributed by atoms with Crippen LogP contribution in [0.1, 0.15) is 39.2 Å². The minimum Gasteiger partial charge on any atom is -0.443 e. The number of carbonyl (C=O) groups excluding carboxylic acids is 2. The first kappa shape index (κ1) is 13.4. The molecule has 100 valence electrons. The highest BCUT2D eigenvalue weighted by Gasteiger charge is 2.38. The van der Waals surface area contributed by atoms with E-state index in [0.717, 1.165) is 5.56 Å². The molecule has 1 aromatic carbocycles. The Morgan fingerprint density at radius 2 is 1.95 bits per heavy atom. The van der Waals surface area contributed by atoms with Crippen molar-refractivity contribution < 1.29 is 14.3 Å². The SMILES string of the molecule is CC1C(=C=O)N(C(=O)OC(C)(C)C)c2ccccc21. The summed E-state index contributed by atoms with van der Waals surface area (Å²) in [7, 11) is 0. The van der Waals surface area contributed by atoms with Gasteiger partial charge in [-0.1, -0.05) is 25.1 Å². The minimum atomic E-state index is -0.605. The van der Waals surface area contributed by atoms with Gasteiger partial charge in [0.15, 0.2) is 0 Å². The van der Waals surface area contributed by atoms with Crippen molar-refractivity contribution in [1.82, 2.24) is 0 Å². The van der Waals surface area contributed by atoms with Crippen molar-refractivity contribution in [3.05, 3.63) is 35.5 Å². The molecule has 0 spiro atoms. The van der Waals surface area contributed by atoms with E-state index < -0.39 is 11.7 Å². The zero-order valence-corrected chi connectivity index (χ0v) is 11.6. The number of benzene rings is 1. The number of para-hydroxylation sites is 1. The van der Waals surface area contributed by atoms with Gasteiger partial charge in [0.2, 0.25) is 0 Å². The lowest BCUT2D eigenvalue weighted by Gasteiger charge is -2.24. The Balaban J connectivity index is 2.44. The van der Waals surface area contributed by atoms with E-state index in [4.69, 9.17) is 4.74 Å². The Morgan fingerprint density at radius 3 is 2.53 bits per heavy atom. The molecule has 2 rings (SSSR count). The van der Waals surface area contributed by atoms with Crippen molar-refractivity contribution in [3.8, 4) is 0 Å². The number of amides is 1. The number of allylic oxidation sites excluding steroid dienone is 1. The summed E-state index contributed by atoms with van der Waals surface area (Å²) in [6.45, 7) is 7.26. The summed E-state index contributed by atoms with van der Waals surface area (Å²) in [5.74, 6) is 1.72. The predicted molar refractivity (Wildman–Crippen MR) is 72.8 cm³/mol. The van der Waals surface area contributed by atoms with E-state index in [1.54, 1.807) is 26.8 Å². The summed E-state index contributed by atoms with van der Waals surface area (Å²) in [5.41, 5.74) is 1.33. The zero-order chi connectivity index (χ0) is 14.2. The summed E-state index contributed by atoms with van der Waals surface area (Å²) in [4.78, 5) is 24.7. The molecule has 4 heteroatoms. The summed E-state index contributed by atoms with van der Waals surface area (Å²) < 4.78 is 5.35. The van der Waals surface area contributed by atoms with Crippen molar-refractivity contribution in [3.63, 3.8) is 0 Å². The number of rotatable bonds is 0. The highest BCUT2D eigenvalue weighted by atomic mass is 16.6. The van der Waals surface area contributed by atoms with Crippen molar-refractivity contribution in [2.24, 2.45) is 0 Å². The third kappa shape index (κ3) is 2.40. The van der Waals surface area contributed by atoms with Gasteiger partial charge in [0, 0.05) is 5.92 Å². The average Bonchev–Trinajstić information content (AvgIpc) is 2.60. The number of carbonyl (C=O) groups is 1. The molecule has 0 saturated carbocycles. The summed E-state index contributed by atoms with van der Waals surface area (Å²) in [6, 6.07) is 7.43. The molecule has 1 aliphatic rings. The first-order valence-electron chi connectivity index (χ1n) is 6.22. The van der Waals surface area contributed by atoms with E-state index >= 15 is 0 Å². The number of hydrogen-bond acceptors (Lipinski definition) is 3. The van der Waals surface area contributed by atoms with E-state index in [9.17, 15) is 9.59 Å². The second-order valence-electron chi connectivity index (χ2n) is 5.58. The topological polar surface area (TPSA) is 46.6 Å². The Labute approximate surface area is 112 Å². The van der Waals surface area contributed by atoms with Crippen molar-refractivity contribution in [1.29, 1.82) is 0 Å². The molecular weight excluding hydrogens is 242 g/mol. The van der Waals surface area contributed by atoms with Crippen LogP contribution in [0.2, 0.25) is 0 Å². The molecule has 0 fully saturated rings. The van der Waals surface area contributed by atoms with E-state index in [0.29, 0.717) is 11.4 Å². The Bertz CT molecular complexity index is 565. The first-order chi connectivity index (χ1) is 8.85. The van der Waals surface area contributed by atoms with Crippen molar-refractivity contribution in [2.45, 2.75) is 39.2 Å². The molecule has 1 unspecified atom stereocenters. The van der Waals surface area contributed by atoms with Crippen LogP contribution < -0.4 is 4.90 Å².